The van der Waals surface area contributed by atoms with Crippen molar-refractivity contribution in [2.24, 2.45) is 0 Å². The molecule has 0 amide bonds. The van der Waals surface area contributed by atoms with Gasteiger partial charge in [0.15, 0.2) is 0 Å². The molecule has 3 aromatic heterocycles. The fraction of sp³-hybridized carbons (Fsp3) is 0.146. The van der Waals surface area contributed by atoms with Crippen molar-refractivity contribution >= 4 is 33.9 Å². The van der Waals surface area contributed by atoms with Gasteiger partial charge >= 0.3 is 0 Å². The Hall–Kier alpha value is -5.37. The minimum atomic E-state index is -0.110. The molecule has 7 aromatic rings. The summed E-state index contributed by atoms with van der Waals surface area (Å²) in [5.74, 6) is 1.59. The number of para-hydroxylation sites is 2. The van der Waals surface area contributed by atoms with Gasteiger partial charge in [0.05, 0.1) is 22.3 Å². The number of hydrogen-bond donors (Lipinski definition) is 1. The molecule has 7 heteroatoms. The third-order valence-corrected chi connectivity index (χ3v) is 10.3. The van der Waals surface area contributed by atoms with Crippen LogP contribution in [0.1, 0.15) is 34.7 Å². The Kier molecular flexibility index (Phi) is 7.41. The van der Waals surface area contributed by atoms with Crippen molar-refractivity contribution in [3.05, 3.63) is 150 Å². The molecule has 0 aliphatic carbocycles. The maximum absolute atomic E-state index is 7.00. The highest BCUT2D eigenvalue weighted by atomic mass is 32.1. The van der Waals surface area contributed by atoms with Gasteiger partial charge in [0, 0.05) is 47.9 Å². The Balaban J connectivity index is 1.45. The molecule has 4 aromatic carbocycles. The van der Waals surface area contributed by atoms with Crippen LogP contribution in [-0.2, 0) is 12.8 Å². The van der Waals surface area contributed by atoms with E-state index in [1.165, 1.54) is 33.9 Å². The van der Waals surface area contributed by atoms with E-state index in [4.69, 9.17) is 19.1 Å². The van der Waals surface area contributed by atoms with Crippen molar-refractivity contribution in [3.63, 3.8) is 0 Å². The zero-order valence-electron chi connectivity index (χ0n) is 26.3. The number of benzene rings is 4. The third kappa shape index (κ3) is 5.03. The van der Waals surface area contributed by atoms with Crippen LogP contribution in [0, 0.1) is 0 Å². The standard InChI is InChI=1S/C41H33N5OS/c1-2-15-29(16-3-1)47-35-26-31(32-18-8-9-22-42-32)36(41-39-33(45-48-41)19-10-23-43-39)40(46-25-11-14-28-13-5-7-20-34(28)46)37(35)38-30-17-6-4-12-27(30)21-24-44-38/h1-10,12-13,15-20,22-23,26,38,44H,11,14,21,24-25H2. The molecule has 48 heavy (non-hydrogen) atoms. The van der Waals surface area contributed by atoms with Crippen LogP contribution in [0.2, 0.25) is 0 Å². The minimum absolute atomic E-state index is 0.110. The van der Waals surface area contributed by atoms with E-state index in [1.54, 1.807) is 0 Å². The number of aromatic nitrogens is 3. The molecule has 5 heterocycles. The predicted molar refractivity (Wildman–Crippen MR) is 194 cm³/mol. The summed E-state index contributed by atoms with van der Waals surface area (Å²) in [6.45, 7) is 1.73. The lowest BCUT2D eigenvalue weighted by Gasteiger charge is -2.38. The van der Waals surface area contributed by atoms with Gasteiger partial charge in [-0.3, -0.25) is 9.97 Å². The maximum atomic E-state index is 7.00. The number of pyridine rings is 2. The van der Waals surface area contributed by atoms with Crippen LogP contribution in [-0.4, -0.2) is 27.4 Å². The number of ether oxygens (including phenoxy) is 1. The average molecular weight is 644 g/mol. The smallest absolute Gasteiger partial charge is 0.135 e. The lowest BCUT2D eigenvalue weighted by molar-refractivity contribution is 0.462. The molecule has 0 bridgehead atoms. The van der Waals surface area contributed by atoms with Gasteiger partial charge in [-0.15, -0.1) is 0 Å². The highest BCUT2D eigenvalue weighted by molar-refractivity contribution is 7.11. The molecule has 0 fully saturated rings. The van der Waals surface area contributed by atoms with E-state index >= 15 is 0 Å². The first kappa shape index (κ1) is 28.8. The van der Waals surface area contributed by atoms with Gasteiger partial charge in [0.25, 0.3) is 0 Å². The number of hydrogen-bond acceptors (Lipinski definition) is 7. The molecular weight excluding hydrogens is 611 g/mol. The zero-order chi connectivity index (χ0) is 31.9. The lowest BCUT2D eigenvalue weighted by atomic mass is 9.84. The Bertz CT molecular complexity index is 2250. The van der Waals surface area contributed by atoms with Crippen molar-refractivity contribution in [3.8, 4) is 33.2 Å². The topological polar surface area (TPSA) is 63.2 Å². The van der Waals surface area contributed by atoms with Crippen LogP contribution >= 0.6 is 11.5 Å². The van der Waals surface area contributed by atoms with Gasteiger partial charge in [0.2, 0.25) is 0 Å². The van der Waals surface area contributed by atoms with Crippen LogP contribution in [0.3, 0.4) is 0 Å². The molecule has 9 rings (SSSR count). The number of rotatable bonds is 6. The van der Waals surface area contributed by atoms with E-state index < -0.39 is 0 Å². The summed E-state index contributed by atoms with van der Waals surface area (Å²) in [6.07, 6.45) is 6.78. The molecular formula is C41H33N5OS. The summed E-state index contributed by atoms with van der Waals surface area (Å²) in [5.41, 5.74) is 12.1. The quantitative estimate of drug-likeness (QED) is 0.195. The number of anilines is 2. The Morgan fingerprint density at radius 2 is 1.58 bits per heavy atom. The van der Waals surface area contributed by atoms with Crippen LogP contribution in [0.25, 0.3) is 32.7 Å². The maximum Gasteiger partial charge on any atom is 0.135 e. The van der Waals surface area contributed by atoms with Gasteiger partial charge in [-0.1, -0.05) is 66.7 Å². The van der Waals surface area contributed by atoms with Crippen molar-refractivity contribution in [2.45, 2.75) is 25.3 Å². The number of nitrogens with zero attached hydrogens (tertiary/aromatic N) is 4. The third-order valence-electron chi connectivity index (χ3n) is 9.46. The average Bonchev–Trinajstić information content (AvgIpc) is 3.59. The summed E-state index contributed by atoms with van der Waals surface area (Å²) in [7, 11) is 0. The molecule has 0 saturated carbocycles. The summed E-state index contributed by atoms with van der Waals surface area (Å²) >= 11 is 1.51. The second-order valence-electron chi connectivity index (χ2n) is 12.3. The van der Waals surface area contributed by atoms with Crippen molar-refractivity contribution in [1.82, 2.24) is 19.7 Å². The summed E-state index contributed by atoms with van der Waals surface area (Å²) < 4.78 is 11.9. The number of fused-ring (bicyclic) bond motifs is 3. The van der Waals surface area contributed by atoms with Crippen LogP contribution in [0.5, 0.6) is 11.5 Å². The first-order chi connectivity index (χ1) is 23.8. The van der Waals surface area contributed by atoms with E-state index in [2.05, 4.69) is 76.9 Å². The minimum Gasteiger partial charge on any atom is -0.457 e. The molecule has 2 aliphatic heterocycles. The van der Waals surface area contributed by atoms with Gasteiger partial charge in [0.1, 0.15) is 22.5 Å². The molecule has 0 radical (unpaired) electrons. The molecule has 1 N–H and O–H groups in total. The highest BCUT2D eigenvalue weighted by Gasteiger charge is 2.35. The second kappa shape index (κ2) is 12.3. The van der Waals surface area contributed by atoms with Crippen LogP contribution in [0.4, 0.5) is 11.4 Å². The molecule has 1 atom stereocenters. The molecule has 234 valence electrons. The molecule has 0 saturated heterocycles. The fourth-order valence-electron chi connectivity index (χ4n) is 7.35. The normalized spacial score (nSPS) is 15.6. The molecule has 2 aliphatic rings. The van der Waals surface area contributed by atoms with E-state index in [-0.39, 0.29) is 6.04 Å². The van der Waals surface area contributed by atoms with Gasteiger partial charge in [-0.2, -0.15) is 4.37 Å². The highest BCUT2D eigenvalue weighted by Crippen LogP contribution is 2.54. The van der Waals surface area contributed by atoms with Crippen molar-refractivity contribution in [1.29, 1.82) is 0 Å². The van der Waals surface area contributed by atoms with Crippen LogP contribution in [0.15, 0.2) is 128 Å². The first-order valence-electron chi connectivity index (χ1n) is 16.6. The molecule has 0 spiro atoms. The second-order valence-corrected chi connectivity index (χ2v) is 13.1. The Morgan fingerprint density at radius 3 is 2.48 bits per heavy atom. The van der Waals surface area contributed by atoms with Gasteiger partial charge < -0.3 is 15.0 Å². The van der Waals surface area contributed by atoms with Crippen molar-refractivity contribution < 1.29 is 4.74 Å². The van der Waals surface area contributed by atoms with Crippen molar-refractivity contribution in [2.75, 3.05) is 18.0 Å². The van der Waals surface area contributed by atoms with E-state index in [1.807, 2.05) is 60.9 Å². The molecule has 1 unspecified atom stereocenters. The summed E-state index contributed by atoms with van der Waals surface area (Å²) in [5, 5.41) is 3.94. The first-order valence-corrected chi connectivity index (χ1v) is 17.3. The largest absolute Gasteiger partial charge is 0.457 e. The summed E-state index contributed by atoms with van der Waals surface area (Å²) in [4.78, 5) is 13.4. The zero-order valence-corrected chi connectivity index (χ0v) is 27.2. The fourth-order valence-corrected chi connectivity index (χ4v) is 8.23. The number of nitrogens with one attached hydrogen (secondary N) is 1. The number of aryl methyl sites for hydroxylation is 1. The van der Waals surface area contributed by atoms with E-state index in [0.717, 1.165) is 87.8 Å². The van der Waals surface area contributed by atoms with Gasteiger partial charge in [-0.25, -0.2) is 0 Å². The van der Waals surface area contributed by atoms with Crippen LogP contribution < -0.4 is 15.0 Å². The van der Waals surface area contributed by atoms with E-state index in [0.29, 0.717) is 0 Å². The Morgan fingerprint density at radius 1 is 0.771 bits per heavy atom. The monoisotopic (exact) mass is 643 g/mol. The molecule has 6 nitrogen and oxygen atoms in total. The van der Waals surface area contributed by atoms with E-state index in [9.17, 15) is 0 Å². The lowest BCUT2D eigenvalue weighted by Crippen LogP contribution is -2.33. The Labute approximate surface area is 283 Å². The predicted octanol–water partition coefficient (Wildman–Crippen LogP) is 9.53. The summed E-state index contributed by atoms with van der Waals surface area (Å²) in [6, 6.07) is 40.0. The SMILES string of the molecule is c1ccc(Oc2cc(-c3ccccn3)c(-c3snc4cccnc34)c(N3CCCc4ccccc43)c2C2NCCc3ccccc32)cc1. The van der Waals surface area contributed by atoms with Gasteiger partial charge in [-0.05, 0) is 96.0 Å².